The van der Waals surface area contributed by atoms with Crippen LogP contribution in [0.4, 0.5) is 0 Å². The predicted octanol–water partition coefficient (Wildman–Crippen LogP) is 27.9. The van der Waals surface area contributed by atoms with Crippen molar-refractivity contribution in [3.05, 3.63) is 0 Å². The Kier molecular flexibility index (Phi) is 77.9. The summed E-state index contributed by atoms with van der Waals surface area (Å²) in [7, 11) is 0. The third kappa shape index (κ3) is 69.8. The number of hydrogen-bond acceptors (Lipinski definition) is 12. The van der Waals surface area contributed by atoms with Gasteiger partial charge in [0, 0.05) is 38.5 Å². The second-order valence-electron chi connectivity index (χ2n) is 31.0. The molecular weight excluding hydrogens is 1270 g/mol. The first-order valence-electron chi connectivity index (χ1n) is 45.2. The summed E-state index contributed by atoms with van der Waals surface area (Å²) in [6.45, 7) is 12.5. The van der Waals surface area contributed by atoms with Gasteiger partial charge in [0.25, 0.3) is 0 Å². The molecule has 0 aromatic carbocycles. The summed E-state index contributed by atoms with van der Waals surface area (Å²) in [5, 5.41) is 0. The van der Waals surface area contributed by atoms with E-state index in [-0.39, 0.29) is 38.5 Å². The van der Waals surface area contributed by atoms with Gasteiger partial charge in [0.15, 0.2) is 24.4 Å². The highest BCUT2D eigenvalue weighted by molar-refractivity contribution is 5.73. The van der Waals surface area contributed by atoms with Gasteiger partial charge >= 0.3 is 35.8 Å². The van der Waals surface area contributed by atoms with Gasteiger partial charge in [-0.3, -0.25) is 28.8 Å². The molecule has 0 spiro atoms. The molecule has 0 rings (SSSR count). The molecule has 0 bridgehead atoms. The Bertz CT molecular complexity index is 1690. The highest BCUT2D eigenvalue weighted by Gasteiger charge is 2.45. The molecule has 0 amide bonds. The third-order valence-electron chi connectivity index (χ3n) is 20.9. The van der Waals surface area contributed by atoms with E-state index in [9.17, 15) is 28.8 Å². The van der Waals surface area contributed by atoms with E-state index >= 15 is 0 Å². The molecule has 0 saturated heterocycles. The van der Waals surface area contributed by atoms with Crippen molar-refractivity contribution in [2.75, 3.05) is 13.2 Å². The lowest BCUT2D eigenvalue weighted by molar-refractivity contribution is -0.209. The number of rotatable bonds is 83. The number of esters is 6. The third-order valence-corrected chi connectivity index (χ3v) is 20.9. The fourth-order valence-electron chi connectivity index (χ4n) is 14.1. The van der Waals surface area contributed by atoms with Crippen LogP contribution >= 0.6 is 0 Å². The molecule has 0 aliphatic heterocycles. The monoisotopic (exact) mass is 1440 g/mol. The van der Waals surface area contributed by atoms with Crippen LogP contribution in [0.2, 0.25) is 0 Å². The Labute approximate surface area is 631 Å². The molecule has 0 N–H and O–H groups in total. The average molecular weight is 1440 g/mol. The second-order valence-corrected chi connectivity index (χ2v) is 31.0. The van der Waals surface area contributed by atoms with E-state index < -0.39 is 73.4 Å². The molecule has 0 aromatic heterocycles. The summed E-state index contributed by atoms with van der Waals surface area (Å²) in [5.41, 5.74) is 0. The van der Waals surface area contributed by atoms with Crippen LogP contribution < -0.4 is 0 Å². The van der Waals surface area contributed by atoms with Crippen molar-refractivity contribution in [1.82, 2.24) is 0 Å². The molecule has 12 heteroatoms. The summed E-state index contributed by atoms with van der Waals surface area (Å²) in [6, 6.07) is 0. The molecule has 102 heavy (non-hydrogen) atoms. The van der Waals surface area contributed by atoms with Crippen LogP contribution in [0.5, 0.6) is 0 Å². The van der Waals surface area contributed by atoms with Gasteiger partial charge in [0.1, 0.15) is 13.2 Å². The van der Waals surface area contributed by atoms with Crippen molar-refractivity contribution < 1.29 is 57.2 Å². The van der Waals surface area contributed by atoms with Gasteiger partial charge in [-0.15, -0.1) is 0 Å². The summed E-state index contributed by atoms with van der Waals surface area (Å²) < 4.78 is 38.2. The van der Waals surface area contributed by atoms with E-state index in [1.165, 1.54) is 244 Å². The van der Waals surface area contributed by atoms with E-state index in [4.69, 9.17) is 28.4 Å². The topological polar surface area (TPSA) is 158 Å². The zero-order valence-corrected chi connectivity index (χ0v) is 68.5. The minimum absolute atomic E-state index is 0.0439. The van der Waals surface area contributed by atoms with Crippen molar-refractivity contribution in [3.8, 4) is 0 Å². The van der Waals surface area contributed by atoms with Crippen molar-refractivity contribution in [3.63, 3.8) is 0 Å². The standard InChI is InChI=1S/C90H170O12/c1-7-13-19-25-31-37-43-49-55-61-67-73-83(91)97-79-81(99-85(93)75-69-63-57-51-45-39-33-27-21-15-9-3)89(101-87(95)77-71-65-59-53-47-41-35-29-23-17-11-5)90(102-88(96)78-72-66-60-54-48-42-36-30-24-18-12-6)82(100-86(94)76-70-64-58-52-46-40-34-28-22-16-10-4)80-98-84(92)74-68-62-56-50-44-38-32-26-20-14-8-2/h81-82,89-90H,7-80H2,1-6H3/t81-,82-,89-,90-/m1/s1. The molecular formula is C90H170O12. The molecule has 602 valence electrons. The lowest BCUT2D eigenvalue weighted by atomic mass is 10.0. The van der Waals surface area contributed by atoms with Gasteiger partial charge in [-0.05, 0) is 38.5 Å². The van der Waals surface area contributed by atoms with Crippen LogP contribution in [0.15, 0.2) is 0 Å². The van der Waals surface area contributed by atoms with E-state index in [0.717, 1.165) is 141 Å². The van der Waals surface area contributed by atoms with Gasteiger partial charge in [-0.2, -0.15) is 0 Å². The lowest BCUT2D eigenvalue weighted by Gasteiger charge is -2.36. The Morgan fingerprint density at radius 1 is 0.167 bits per heavy atom. The van der Waals surface area contributed by atoms with Gasteiger partial charge in [-0.1, -0.05) is 427 Å². The van der Waals surface area contributed by atoms with E-state index in [1.807, 2.05) is 0 Å². The quantitative estimate of drug-likeness (QED) is 0.0323. The molecule has 0 aromatic rings. The molecule has 4 atom stereocenters. The highest BCUT2D eigenvalue weighted by atomic mass is 16.6. The largest absolute Gasteiger partial charge is 0.462 e. The molecule has 0 fully saturated rings. The highest BCUT2D eigenvalue weighted by Crippen LogP contribution is 2.26. The zero-order valence-electron chi connectivity index (χ0n) is 68.5. The number of hydrogen-bond donors (Lipinski definition) is 0. The van der Waals surface area contributed by atoms with Gasteiger partial charge in [-0.25, -0.2) is 0 Å². The maximum Gasteiger partial charge on any atom is 0.306 e. The molecule has 0 aliphatic rings. The Morgan fingerprint density at radius 3 is 0.451 bits per heavy atom. The van der Waals surface area contributed by atoms with Crippen LogP contribution in [0.1, 0.15) is 504 Å². The van der Waals surface area contributed by atoms with E-state index in [2.05, 4.69) is 41.5 Å². The Morgan fingerprint density at radius 2 is 0.294 bits per heavy atom. The minimum atomic E-state index is -1.59. The molecule has 12 nitrogen and oxygen atoms in total. The van der Waals surface area contributed by atoms with Gasteiger partial charge in [0.05, 0.1) is 0 Å². The van der Waals surface area contributed by atoms with Crippen LogP contribution in [0, 0.1) is 0 Å². The first-order valence-corrected chi connectivity index (χ1v) is 45.2. The zero-order chi connectivity index (χ0) is 74.3. The van der Waals surface area contributed by atoms with Crippen LogP contribution in [-0.2, 0) is 57.2 Å². The second kappa shape index (κ2) is 80.4. The Balaban J connectivity index is 7.40. The fourth-order valence-corrected chi connectivity index (χ4v) is 14.1. The number of carbonyl (C=O) groups excluding carboxylic acids is 6. The average Bonchev–Trinajstić information content (AvgIpc) is 0.825. The first-order chi connectivity index (χ1) is 50.1. The maximum atomic E-state index is 14.6. The number of carbonyl (C=O) groups is 6. The fraction of sp³-hybridized carbons (Fsp3) is 0.933. The van der Waals surface area contributed by atoms with Gasteiger partial charge in [0.2, 0.25) is 0 Å². The smallest absolute Gasteiger partial charge is 0.306 e. The minimum Gasteiger partial charge on any atom is -0.462 e. The molecule has 0 radical (unpaired) electrons. The van der Waals surface area contributed by atoms with E-state index in [1.54, 1.807) is 0 Å². The molecule has 0 heterocycles. The first kappa shape index (κ1) is 98.8. The molecule has 0 unspecified atom stereocenters. The summed E-state index contributed by atoms with van der Waals surface area (Å²) >= 11 is 0. The van der Waals surface area contributed by atoms with E-state index in [0.29, 0.717) is 38.5 Å². The normalized spacial score (nSPS) is 12.6. The van der Waals surface area contributed by atoms with Crippen molar-refractivity contribution in [2.24, 2.45) is 0 Å². The van der Waals surface area contributed by atoms with Crippen LogP contribution in [0.3, 0.4) is 0 Å². The SMILES string of the molecule is CCCCCCCCCCCCCC(=O)OC[C@@H](OC(=O)CCCCCCCCCCCCC)[C@@H](OC(=O)CCCCCCCCCCCCC)[C@H](OC(=O)CCCCCCCCCCCCC)[C@@H](COC(=O)CCCCCCCCCCCCC)OC(=O)CCCCCCCCCCCCC. The Hall–Kier alpha value is -3.18. The number of ether oxygens (including phenoxy) is 6. The molecule has 0 aliphatic carbocycles. The predicted molar refractivity (Wildman–Crippen MR) is 428 cm³/mol. The van der Waals surface area contributed by atoms with Crippen LogP contribution in [-0.4, -0.2) is 73.4 Å². The number of unbranched alkanes of at least 4 members (excludes halogenated alkanes) is 60. The van der Waals surface area contributed by atoms with Crippen molar-refractivity contribution in [2.45, 2.75) is 528 Å². The maximum absolute atomic E-state index is 14.6. The summed E-state index contributed by atoms with van der Waals surface area (Å²) in [4.78, 5) is 86.0. The molecule has 0 saturated carbocycles. The lowest BCUT2D eigenvalue weighted by Crippen LogP contribution is -2.54. The van der Waals surface area contributed by atoms with Gasteiger partial charge < -0.3 is 28.4 Å². The summed E-state index contributed by atoms with van der Waals surface area (Å²) in [6.07, 6.45) is 68.0. The summed E-state index contributed by atoms with van der Waals surface area (Å²) in [5.74, 6) is -3.25. The van der Waals surface area contributed by atoms with Crippen molar-refractivity contribution in [1.29, 1.82) is 0 Å². The van der Waals surface area contributed by atoms with Crippen LogP contribution in [0.25, 0.3) is 0 Å². The van der Waals surface area contributed by atoms with Crippen molar-refractivity contribution >= 4 is 35.8 Å².